The summed E-state index contributed by atoms with van der Waals surface area (Å²) in [4.78, 5) is 64.4. The Morgan fingerprint density at radius 1 is 1.26 bits per heavy atom. The highest BCUT2D eigenvalue weighted by molar-refractivity contribution is 8.01. The van der Waals surface area contributed by atoms with E-state index in [9.17, 15) is 39.6 Å². The van der Waals surface area contributed by atoms with Crippen molar-refractivity contribution in [1.82, 2.24) is 20.2 Å². The minimum Gasteiger partial charge on any atom is -0.504 e. The van der Waals surface area contributed by atoms with E-state index in [1.54, 1.807) is 0 Å². The highest BCUT2D eigenvalue weighted by atomic mass is 32.2. The maximum atomic E-state index is 13.2. The third kappa shape index (κ3) is 5.77. The fourth-order valence-corrected chi connectivity index (χ4v) is 6.82. The number of hydrogen-bond acceptors (Lipinski definition) is 15. The second-order valence-corrected chi connectivity index (χ2v) is 12.5. The first-order valence-corrected chi connectivity index (χ1v) is 15.1. The number of amides is 2. The summed E-state index contributed by atoms with van der Waals surface area (Å²) in [6.07, 6.45) is 0. The van der Waals surface area contributed by atoms with Crippen molar-refractivity contribution in [3.63, 3.8) is 0 Å². The van der Waals surface area contributed by atoms with Gasteiger partial charge in [-0.15, -0.1) is 23.1 Å². The van der Waals surface area contributed by atoms with E-state index in [-0.39, 0.29) is 50.3 Å². The number of phenols is 2. The fourth-order valence-electron chi connectivity index (χ4n) is 3.95. The molecule has 2 aliphatic rings. The molecule has 19 heteroatoms. The Balaban J connectivity index is 1.32. The number of benzene rings is 1. The number of anilines is 1. The quantitative estimate of drug-likeness (QED) is 0.0596. The zero-order chi connectivity index (χ0) is 31.2. The number of nitrogens with zero attached hydrogens (tertiary/aromatic N) is 4. The number of thioether (sulfide) groups is 2. The van der Waals surface area contributed by atoms with Crippen molar-refractivity contribution in [2.45, 2.75) is 36.1 Å². The molecule has 1 fully saturated rings. The molecule has 1 saturated heterocycles. The number of phenolic OH excluding ortho intramolecular Hbond substituents is 2. The molecule has 3 aromatic rings. The van der Waals surface area contributed by atoms with Crippen LogP contribution in [0.2, 0.25) is 0 Å². The van der Waals surface area contributed by atoms with E-state index in [2.05, 4.69) is 20.4 Å². The van der Waals surface area contributed by atoms with Gasteiger partial charge in [0.2, 0.25) is 5.60 Å². The van der Waals surface area contributed by atoms with Gasteiger partial charge in [-0.3, -0.25) is 14.5 Å². The number of oxime groups is 1. The number of aromatic nitrogens is 2. The van der Waals surface area contributed by atoms with Gasteiger partial charge in [-0.05, 0) is 19.4 Å². The van der Waals surface area contributed by atoms with Gasteiger partial charge in [0.1, 0.15) is 28.3 Å². The van der Waals surface area contributed by atoms with Crippen LogP contribution in [0.1, 0.15) is 19.5 Å². The SMILES string of the molecule is CC(C)(ON=C(C(=O)N[C@@H]1C(=O)N2C(C(=O)O)=C(CSc3nc4cc(O)c(O)cc4o3)CS[C@@H]12)c1csc(N)n1)C(=O)O. The number of aliphatic carboxylic acids is 2. The molecule has 0 bridgehead atoms. The second-order valence-electron chi connectivity index (χ2n) is 9.61. The molecule has 0 spiro atoms. The van der Waals surface area contributed by atoms with Crippen molar-refractivity contribution in [1.29, 1.82) is 0 Å². The van der Waals surface area contributed by atoms with E-state index in [0.29, 0.717) is 11.1 Å². The molecule has 0 saturated carbocycles. The van der Waals surface area contributed by atoms with E-state index in [1.165, 1.54) is 43.1 Å². The summed E-state index contributed by atoms with van der Waals surface area (Å²) in [5.41, 5.74) is 4.16. The van der Waals surface area contributed by atoms with Crippen LogP contribution < -0.4 is 11.1 Å². The zero-order valence-corrected chi connectivity index (χ0v) is 24.6. The molecule has 5 rings (SSSR count). The minimum atomic E-state index is -1.79. The lowest BCUT2D eigenvalue weighted by molar-refractivity contribution is -0.161. The Morgan fingerprint density at radius 3 is 2.63 bits per heavy atom. The predicted octanol–water partition coefficient (Wildman–Crippen LogP) is 1.39. The molecule has 2 aliphatic heterocycles. The van der Waals surface area contributed by atoms with Crippen molar-refractivity contribution in [3.8, 4) is 11.5 Å². The molecule has 226 valence electrons. The van der Waals surface area contributed by atoms with Crippen LogP contribution in [0.5, 0.6) is 11.5 Å². The van der Waals surface area contributed by atoms with Crippen molar-refractivity contribution < 1.29 is 48.9 Å². The average molecular weight is 651 g/mol. The second kappa shape index (κ2) is 11.3. The number of oxazole rings is 1. The van der Waals surface area contributed by atoms with Crippen LogP contribution >= 0.6 is 34.9 Å². The normalized spacial score (nSPS) is 18.8. The lowest BCUT2D eigenvalue weighted by Gasteiger charge is -2.49. The van der Waals surface area contributed by atoms with Crippen LogP contribution in [0, 0.1) is 0 Å². The van der Waals surface area contributed by atoms with Gasteiger partial charge in [0.05, 0.1) is 0 Å². The van der Waals surface area contributed by atoms with Crippen LogP contribution in [-0.4, -0.2) is 93.3 Å². The summed E-state index contributed by atoms with van der Waals surface area (Å²) >= 11 is 3.30. The number of nitrogens with two attached hydrogens (primary N) is 1. The van der Waals surface area contributed by atoms with Gasteiger partial charge in [-0.2, -0.15) is 0 Å². The molecule has 4 heterocycles. The number of carboxylic acid groups (broad SMARTS) is 2. The minimum absolute atomic E-state index is 0.00355. The average Bonchev–Trinajstić information content (AvgIpc) is 3.55. The molecule has 16 nitrogen and oxygen atoms in total. The van der Waals surface area contributed by atoms with Crippen molar-refractivity contribution in [3.05, 3.63) is 34.5 Å². The van der Waals surface area contributed by atoms with Gasteiger partial charge in [0.15, 0.2) is 27.9 Å². The Bertz CT molecular complexity index is 1690. The van der Waals surface area contributed by atoms with Gasteiger partial charge in [-0.1, -0.05) is 16.9 Å². The Morgan fingerprint density at radius 2 is 1.98 bits per heavy atom. The first-order chi connectivity index (χ1) is 20.3. The lowest BCUT2D eigenvalue weighted by Crippen LogP contribution is -2.71. The molecule has 7 N–H and O–H groups in total. The number of thiazole rings is 1. The maximum absolute atomic E-state index is 13.2. The molecule has 2 aromatic heterocycles. The molecule has 0 radical (unpaired) electrons. The number of carbonyl (C=O) groups excluding carboxylic acids is 2. The van der Waals surface area contributed by atoms with Gasteiger partial charge in [0, 0.05) is 29.0 Å². The number of carbonyl (C=O) groups is 4. The topological polar surface area (TPSA) is 251 Å². The number of β-lactam (4-membered cyclic amide) rings is 1. The largest absolute Gasteiger partial charge is 0.504 e. The van der Waals surface area contributed by atoms with Gasteiger partial charge in [0.25, 0.3) is 17.0 Å². The number of nitrogens with one attached hydrogen (secondary N) is 1. The number of fused-ring (bicyclic) bond motifs is 2. The zero-order valence-electron chi connectivity index (χ0n) is 22.1. The van der Waals surface area contributed by atoms with Crippen LogP contribution in [0.4, 0.5) is 5.13 Å². The van der Waals surface area contributed by atoms with Crippen LogP contribution in [0.15, 0.2) is 43.6 Å². The maximum Gasteiger partial charge on any atom is 0.352 e. The lowest BCUT2D eigenvalue weighted by atomic mass is 10.0. The Hall–Kier alpha value is -4.49. The highest BCUT2D eigenvalue weighted by Crippen LogP contribution is 2.42. The summed E-state index contributed by atoms with van der Waals surface area (Å²) in [5.74, 6) is -4.70. The molecule has 0 aliphatic carbocycles. The first-order valence-electron chi connectivity index (χ1n) is 12.1. The number of aromatic hydroxyl groups is 2. The molecule has 1 aromatic carbocycles. The van der Waals surface area contributed by atoms with Gasteiger partial charge >= 0.3 is 11.9 Å². The molecule has 43 heavy (non-hydrogen) atoms. The number of hydrogen-bond donors (Lipinski definition) is 6. The summed E-state index contributed by atoms with van der Waals surface area (Å²) < 4.78 is 5.56. The summed E-state index contributed by atoms with van der Waals surface area (Å²) in [6.45, 7) is 2.46. The molecule has 0 unspecified atom stereocenters. The van der Waals surface area contributed by atoms with Crippen LogP contribution in [-0.2, 0) is 24.0 Å². The Labute approximate surface area is 253 Å². The smallest absolute Gasteiger partial charge is 0.352 e. The first kappa shape index (κ1) is 30.0. The van der Waals surface area contributed by atoms with Crippen molar-refractivity contribution >= 4 is 80.6 Å². The Kier molecular flexibility index (Phi) is 7.88. The summed E-state index contributed by atoms with van der Waals surface area (Å²) in [7, 11) is 0. The van der Waals surface area contributed by atoms with Crippen LogP contribution in [0.3, 0.4) is 0 Å². The van der Waals surface area contributed by atoms with Crippen molar-refractivity contribution in [2.75, 3.05) is 17.2 Å². The van der Waals surface area contributed by atoms with E-state index in [4.69, 9.17) is 15.0 Å². The van der Waals surface area contributed by atoms with E-state index in [0.717, 1.165) is 28.0 Å². The fraction of sp³-hybridized carbons (Fsp3) is 0.292. The number of carboxylic acids is 2. The molecular formula is C24H22N6O10S3. The highest BCUT2D eigenvalue weighted by Gasteiger charge is 2.54. The monoisotopic (exact) mass is 650 g/mol. The summed E-state index contributed by atoms with van der Waals surface area (Å²) in [5, 5.41) is 45.8. The molecule has 2 amide bonds. The van der Waals surface area contributed by atoms with E-state index >= 15 is 0 Å². The van der Waals surface area contributed by atoms with Crippen LogP contribution in [0.25, 0.3) is 11.1 Å². The van der Waals surface area contributed by atoms with Crippen molar-refractivity contribution in [2.24, 2.45) is 5.16 Å². The number of nitrogen functional groups attached to an aromatic ring is 1. The van der Waals surface area contributed by atoms with E-state index < -0.39 is 46.5 Å². The predicted molar refractivity (Wildman–Crippen MR) is 154 cm³/mol. The van der Waals surface area contributed by atoms with Gasteiger partial charge in [-0.25, -0.2) is 19.6 Å². The molecular weight excluding hydrogens is 628 g/mol. The third-order valence-corrected chi connectivity index (χ3v) is 9.16. The standard InChI is InChI=1S/C24H22N6O10S3/c1-24(2,21(37)38)40-29-14(10-7-42-22(25)26-10)17(33)28-15-18(34)30-16(20(35)36)8(5-41-19(15)30)6-43-23-27-9-3-11(31)12(32)4-13(9)39-23/h3-4,7,15,19,31-32H,5-6H2,1-2H3,(H2,25,26)(H,28,33)(H,35,36)(H,37,38)/t15-,19+/m1/s1. The third-order valence-electron chi connectivity index (χ3n) is 6.23. The van der Waals surface area contributed by atoms with Gasteiger partial charge < -0.3 is 40.7 Å². The summed E-state index contributed by atoms with van der Waals surface area (Å²) in [6, 6.07) is 1.32. The molecule has 2 atom stereocenters. The number of rotatable bonds is 10. The van der Waals surface area contributed by atoms with E-state index in [1.807, 2.05) is 0 Å².